The maximum absolute atomic E-state index is 13.7. The van der Waals surface area contributed by atoms with Crippen molar-refractivity contribution in [1.29, 1.82) is 0 Å². The van der Waals surface area contributed by atoms with E-state index in [0.29, 0.717) is 61.4 Å². The van der Waals surface area contributed by atoms with Gasteiger partial charge >= 0.3 is 6.09 Å². The van der Waals surface area contributed by atoms with Gasteiger partial charge in [-0.05, 0) is 54.8 Å². The normalized spacial score (nSPS) is 24.6. The number of anilines is 1. The van der Waals surface area contributed by atoms with Crippen LogP contribution < -0.4 is 10.2 Å². The molecule has 42 heavy (non-hydrogen) atoms. The molecular formula is C30H36Cl2N4O6. The molecular weight excluding hydrogens is 583 g/mol. The van der Waals surface area contributed by atoms with Crippen molar-refractivity contribution in [3.05, 3.63) is 63.6 Å². The van der Waals surface area contributed by atoms with Crippen LogP contribution in [0.25, 0.3) is 0 Å². The number of morpholine rings is 1. The summed E-state index contributed by atoms with van der Waals surface area (Å²) in [4.78, 5) is 44.6. The highest BCUT2D eigenvalue weighted by molar-refractivity contribution is 6.42. The van der Waals surface area contributed by atoms with Gasteiger partial charge in [-0.25, -0.2) is 4.79 Å². The number of carbonyl (C=O) groups excluding carboxylic acids is 2. The molecule has 3 heterocycles. The van der Waals surface area contributed by atoms with Gasteiger partial charge in [0, 0.05) is 63.0 Å². The number of hydrogen-bond donors (Lipinski definition) is 2. The maximum atomic E-state index is 13.7. The number of carboxylic acid groups (broad SMARTS) is 1. The number of hydrogen-bond acceptors (Lipinski definition) is 6. The fourth-order valence-electron chi connectivity index (χ4n) is 6.23. The molecule has 0 radical (unpaired) electrons. The van der Waals surface area contributed by atoms with Crippen LogP contribution in [0.4, 0.5) is 10.5 Å². The Morgan fingerprint density at radius 3 is 2.38 bits per heavy atom. The van der Waals surface area contributed by atoms with Gasteiger partial charge in [0.2, 0.25) is 5.91 Å². The zero-order chi connectivity index (χ0) is 29.8. The second-order valence-corrected chi connectivity index (χ2v) is 11.8. The first-order chi connectivity index (χ1) is 20.2. The topological polar surface area (TPSA) is 112 Å². The monoisotopic (exact) mass is 618 g/mol. The number of ether oxygens (including phenoxy) is 2. The Balaban J connectivity index is 1.36. The Hall–Kier alpha value is -3.05. The minimum Gasteiger partial charge on any atom is -0.465 e. The van der Waals surface area contributed by atoms with Crippen molar-refractivity contribution < 1.29 is 29.0 Å². The summed E-state index contributed by atoms with van der Waals surface area (Å²) in [5.41, 5.74) is 2.52. The molecule has 3 aliphatic heterocycles. The summed E-state index contributed by atoms with van der Waals surface area (Å²) in [6, 6.07) is 12.3. The molecule has 4 atom stereocenters. The highest BCUT2D eigenvalue weighted by atomic mass is 35.5. The van der Waals surface area contributed by atoms with Gasteiger partial charge in [0.15, 0.2) is 0 Å². The lowest BCUT2D eigenvalue weighted by Crippen LogP contribution is -2.56. The van der Waals surface area contributed by atoms with E-state index in [-0.39, 0.29) is 30.4 Å². The molecule has 3 saturated heterocycles. The lowest BCUT2D eigenvalue weighted by molar-refractivity contribution is -0.141. The third-order valence-corrected chi connectivity index (χ3v) is 9.29. The zero-order valence-corrected chi connectivity index (χ0v) is 25.0. The van der Waals surface area contributed by atoms with Crippen LogP contribution in [0.5, 0.6) is 0 Å². The van der Waals surface area contributed by atoms with Crippen LogP contribution in [0.3, 0.4) is 0 Å². The van der Waals surface area contributed by atoms with Crippen LogP contribution in [0.1, 0.15) is 34.7 Å². The number of benzene rings is 2. The van der Waals surface area contributed by atoms with Gasteiger partial charge in [-0.2, -0.15) is 0 Å². The number of likely N-dealkylation sites (N-methyl/N-ethyl adjacent to an activating group) is 1. The predicted octanol–water partition coefficient (Wildman–Crippen LogP) is 3.96. The Labute approximate surface area is 255 Å². The molecule has 12 heteroatoms. The van der Waals surface area contributed by atoms with E-state index in [4.69, 9.17) is 32.7 Å². The lowest BCUT2D eigenvalue weighted by Gasteiger charge is -2.44. The lowest BCUT2D eigenvalue weighted by atomic mass is 9.83. The third kappa shape index (κ3) is 6.78. The van der Waals surface area contributed by atoms with Gasteiger partial charge in [0.25, 0.3) is 5.91 Å². The van der Waals surface area contributed by atoms with E-state index in [9.17, 15) is 19.5 Å². The molecule has 2 aromatic rings. The molecule has 0 aromatic heterocycles. The van der Waals surface area contributed by atoms with Crippen molar-refractivity contribution in [3.8, 4) is 0 Å². The van der Waals surface area contributed by atoms with E-state index in [1.54, 1.807) is 29.0 Å². The summed E-state index contributed by atoms with van der Waals surface area (Å²) in [7, 11) is 1.80. The number of amides is 3. The van der Waals surface area contributed by atoms with Crippen molar-refractivity contribution in [2.24, 2.45) is 5.92 Å². The molecule has 3 amide bonds. The summed E-state index contributed by atoms with van der Waals surface area (Å²) < 4.78 is 10.9. The van der Waals surface area contributed by atoms with E-state index < -0.39 is 18.1 Å². The first-order valence-electron chi connectivity index (χ1n) is 14.2. The Morgan fingerprint density at radius 2 is 1.69 bits per heavy atom. The Bertz CT molecular complexity index is 1290. The van der Waals surface area contributed by atoms with Crippen molar-refractivity contribution in [1.82, 2.24) is 15.1 Å². The Kier molecular flexibility index (Phi) is 9.77. The predicted molar refractivity (Wildman–Crippen MR) is 160 cm³/mol. The van der Waals surface area contributed by atoms with Crippen LogP contribution in [0, 0.1) is 5.92 Å². The third-order valence-electron chi connectivity index (χ3n) is 8.55. The van der Waals surface area contributed by atoms with Crippen LogP contribution in [-0.4, -0.2) is 105 Å². The van der Waals surface area contributed by atoms with Crippen molar-refractivity contribution in [2.45, 2.75) is 30.8 Å². The van der Waals surface area contributed by atoms with Gasteiger partial charge in [0.05, 0.1) is 41.8 Å². The van der Waals surface area contributed by atoms with E-state index in [0.717, 1.165) is 24.3 Å². The minimum atomic E-state index is -1.19. The smallest absolute Gasteiger partial charge is 0.404 e. The number of nitrogens with zero attached hydrogens (tertiary/aromatic N) is 3. The molecule has 0 bridgehead atoms. The molecule has 226 valence electrons. The number of nitrogens with one attached hydrogen (secondary N) is 1. The number of rotatable bonds is 6. The minimum absolute atomic E-state index is 0.103. The molecule has 0 spiro atoms. The summed E-state index contributed by atoms with van der Waals surface area (Å²) in [5.74, 6) is -0.975. The van der Waals surface area contributed by atoms with Crippen LogP contribution in [0.15, 0.2) is 42.5 Å². The summed E-state index contributed by atoms with van der Waals surface area (Å²) in [5, 5.41) is 12.5. The molecule has 2 N–H and O–H groups in total. The van der Waals surface area contributed by atoms with Crippen LogP contribution >= 0.6 is 23.2 Å². The summed E-state index contributed by atoms with van der Waals surface area (Å²) >= 11 is 12.6. The molecule has 10 nitrogen and oxygen atoms in total. The average molecular weight is 620 g/mol. The summed E-state index contributed by atoms with van der Waals surface area (Å²) in [6.07, 6.45) is -0.209. The number of carbonyl (C=O) groups is 3. The standard InChI is InChI=1S/C30H36Cl2N4O6/c1-34(28(37)19-2-5-21(6-3-19)35-11-14-41-15-12-35)27-8-10-36(17-23(27)20-4-7-24(31)25(32)16-20)29(38)22-9-13-42-18-26(22)33-30(39)40/h2-7,16,22-23,26-27,33H,8-15,17-18H2,1H3,(H,39,40)/t22-,23-,26+,27+/m0/s1. The fourth-order valence-corrected chi connectivity index (χ4v) is 6.54. The maximum Gasteiger partial charge on any atom is 0.404 e. The van der Waals surface area contributed by atoms with Gasteiger partial charge in [-0.3, -0.25) is 9.59 Å². The van der Waals surface area contributed by atoms with E-state index >= 15 is 0 Å². The van der Waals surface area contributed by atoms with Crippen LogP contribution in [-0.2, 0) is 14.3 Å². The van der Waals surface area contributed by atoms with Gasteiger partial charge in [-0.1, -0.05) is 29.3 Å². The second kappa shape index (κ2) is 13.5. The SMILES string of the molecule is CN(C(=O)c1ccc(N2CCOCC2)cc1)[C@@H]1CCN(C(=O)[C@H]2CCOC[C@H]2NC(=O)O)C[C@H]1c1ccc(Cl)c(Cl)c1. The van der Waals surface area contributed by atoms with Gasteiger partial charge in [0.1, 0.15) is 0 Å². The average Bonchev–Trinajstić information content (AvgIpc) is 3.01. The van der Waals surface area contributed by atoms with Crippen molar-refractivity contribution in [3.63, 3.8) is 0 Å². The molecule has 3 aliphatic rings. The first kappa shape index (κ1) is 30.4. The second-order valence-electron chi connectivity index (χ2n) is 11.0. The zero-order valence-electron chi connectivity index (χ0n) is 23.5. The fraction of sp³-hybridized carbons (Fsp3) is 0.500. The molecule has 0 unspecified atom stereocenters. The first-order valence-corrected chi connectivity index (χ1v) is 15.0. The van der Waals surface area contributed by atoms with Crippen molar-refractivity contribution in [2.75, 3.05) is 64.6 Å². The van der Waals surface area contributed by atoms with E-state index in [1.165, 1.54) is 0 Å². The molecule has 3 fully saturated rings. The van der Waals surface area contributed by atoms with Gasteiger partial charge in [-0.15, -0.1) is 0 Å². The summed E-state index contributed by atoms with van der Waals surface area (Å²) in [6.45, 7) is 4.34. The highest BCUT2D eigenvalue weighted by Crippen LogP contribution is 2.35. The number of likely N-dealkylation sites (tertiary alicyclic amines) is 1. The van der Waals surface area contributed by atoms with Gasteiger partial charge < -0.3 is 34.6 Å². The largest absolute Gasteiger partial charge is 0.465 e. The molecule has 5 rings (SSSR count). The molecule has 0 aliphatic carbocycles. The number of piperidine rings is 1. The molecule has 2 aromatic carbocycles. The quantitative estimate of drug-likeness (QED) is 0.504. The molecule has 0 saturated carbocycles. The highest BCUT2D eigenvalue weighted by Gasteiger charge is 2.41. The Morgan fingerprint density at radius 1 is 0.952 bits per heavy atom. The number of halogens is 2. The van der Waals surface area contributed by atoms with Crippen LogP contribution in [0.2, 0.25) is 10.0 Å². The van der Waals surface area contributed by atoms with Crippen molar-refractivity contribution >= 4 is 46.8 Å². The van der Waals surface area contributed by atoms with E-state index in [1.807, 2.05) is 30.3 Å². The van der Waals surface area contributed by atoms with E-state index in [2.05, 4.69) is 10.2 Å².